The Hall–Kier alpha value is -2.60. The number of carbonyl (C=O) groups excluding carboxylic acids is 1. The second-order valence-electron chi connectivity index (χ2n) is 7.32. The van der Waals surface area contributed by atoms with E-state index in [0.717, 1.165) is 29.7 Å². The first-order valence-electron chi connectivity index (χ1n) is 9.93. The van der Waals surface area contributed by atoms with Gasteiger partial charge in [-0.3, -0.25) is 14.2 Å². The van der Waals surface area contributed by atoms with E-state index in [4.69, 9.17) is 4.98 Å². The molecule has 1 N–H and O–H groups in total. The lowest BCUT2D eigenvalue weighted by Crippen LogP contribution is -2.34. The van der Waals surface area contributed by atoms with E-state index in [1.54, 1.807) is 10.6 Å². The van der Waals surface area contributed by atoms with E-state index in [1.807, 2.05) is 57.2 Å². The Morgan fingerprint density at radius 3 is 2.69 bits per heavy atom. The third-order valence-corrected chi connectivity index (χ3v) is 5.96. The lowest BCUT2D eigenvalue weighted by molar-refractivity contribution is -0.119. The summed E-state index contributed by atoms with van der Waals surface area (Å²) in [7, 11) is 0. The molecule has 0 aliphatic heterocycles. The van der Waals surface area contributed by atoms with E-state index in [9.17, 15) is 9.59 Å². The van der Waals surface area contributed by atoms with Crippen molar-refractivity contribution < 1.29 is 4.79 Å². The number of hydrogen-bond acceptors (Lipinski definition) is 4. The summed E-state index contributed by atoms with van der Waals surface area (Å²) >= 11 is 1.29. The van der Waals surface area contributed by atoms with Crippen LogP contribution in [0.5, 0.6) is 0 Å². The third kappa shape index (κ3) is 4.70. The number of amides is 1. The molecule has 0 saturated heterocycles. The number of nitrogens with one attached hydrogen (secondary N) is 1. The molecule has 1 aromatic heterocycles. The van der Waals surface area contributed by atoms with E-state index < -0.39 is 0 Å². The Morgan fingerprint density at radius 1 is 1.17 bits per heavy atom. The van der Waals surface area contributed by atoms with E-state index in [2.05, 4.69) is 12.2 Å². The zero-order valence-electron chi connectivity index (χ0n) is 17.4. The molecule has 1 atom stereocenters. The highest BCUT2D eigenvalue weighted by molar-refractivity contribution is 7.99. The summed E-state index contributed by atoms with van der Waals surface area (Å²) in [5.74, 6) is 0.162. The number of rotatable bonds is 7. The number of hydrogen-bond donors (Lipinski definition) is 1. The van der Waals surface area contributed by atoms with E-state index in [-0.39, 0.29) is 23.3 Å². The van der Waals surface area contributed by atoms with Gasteiger partial charge in [0.15, 0.2) is 5.16 Å². The quantitative estimate of drug-likeness (QED) is 0.464. The van der Waals surface area contributed by atoms with Gasteiger partial charge in [0.25, 0.3) is 5.56 Å². The second-order valence-corrected chi connectivity index (χ2v) is 8.26. The van der Waals surface area contributed by atoms with Crippen LogP contribution in [-0.2, 0) is 4.79 Å². The monoisotopic (exact) mass is 409 g/mol. The number of nitrogens with zero attached hydrogens (tertiary/aromatic N) is 2. The van der Waals surface area contributed by atoms with Crippen molar-refractivity contribution in [3.63, 3.8) is 0 Å². The summed E-state index contributed by atoms with van der Waals surface area (Å²) in [5.41, 5.74) is 3.45. The van der Waals surface area contributed by atoms with Gasteiger partial charge in [0, 0.05) is 6.04 Å². The van der Waals surface area contributed by atoms with Gasteiger partial charge >= 0.3 is 0 Å². The zero-order chi connectivity index (χ0) is 21.0. The number of carbonyl (C=O) groups is 1. The van der Waals surface area contributed by atoms with Crippen molar-refractivity contribution in [2.45, 2.75) is 51.7 Å². The van der Waals surface area contributed by atoms with Gasteiger partial charge in [-0.05, 0) is 56.5 Å². The number of benzene rings is 2. The Kier molecular flexibility index (Phi) is 6.75. The number of aryl methyl sites for hydroxylation is 1. The van der Waals surface area contributed by atoms with Gasteiger partial charge in [-0.15, -0.1) is 0 Å². The molecule has 0 fully saturated rings. The van der Waals surface area contributed by atoms with Gasteiger partial charge in [-0.25, -0.2) is 4.98 Å². The molecule has 0 bridgehead atoms. The molecule has 3 rings (SSSR count). The lowest BCUT2D eigenvalue weighted by Gasteiger charge is -2.17. The molecule has 0 spiro atoms. The molecule has 0 aliphatic carbocycles. The summed E-state index contributed by atoms with van der Waals surface area (Å²) < 4.78 is 1.64. The van der Waals surface area contributed by atoms with Crippen LogP contribution in [0.1, 0.15) is 37.8 Å². The Balaban J connectivity index is 2.03. The minimum Gasteiger partial charge on any atom is -0.353 e. The fourth-order valence-corrected chi connectivity index (χ4v) is 4.17. The standard InChI is InChI=1S/C23H27N3O2S/c1-5-9-16(3)24-21(27)14-29-23-25-19-12-7-6-11-18(19)22(28)26(23)20-13-8-10-15(2)17(20)4/h6-8,10-13,16H,5,9,14H2,1-4H3,(H,24,27). The maximum atomic E-state index is 13.3. The first-order valence-corrected chi connectivity index (χ1v) is 10.9. The Labute approximate surface area is 175 Å². The average molecular weight is 410 g/mol. The minimum absolute atomic E-state index is 0.0501. The smallest absolute Gasteiger partial charge is 0.266 e. The number of aromatic nitrogens is 2. The van der Waals surface area contributed by atoms with Crippen LogP contribution < -0.4 is 10.9 Å². The average Bonchev–Trinajstić information content (AvgIpc) is 2.69. The number of para-hydroxylation sites is 1. The topological polar surface area (TPSA) is 64.0 Å². The summed E-state index contributed by atoms with van der Waals surface area (Å²) in [5, 5.41) is 4.10. The summed E-state index contributed by atoms with van der Waals surface area (Å²) in [6, 6.07) is 13.4. The maximum absolute atomic E-state index is 13.3. The van der Waals surface area contributed by atoms with Crippen LogP contribution in [0.25, 0.3) is 16.6 Å². The maximum Gasteiger partial charge on any atom is 0.266 e. The fourth-order valence-electron chi connectivity index (χ4n) is 3.35. The molecule has 0 aliphatic rings. The Bertz CT molecular complexity index is 1090. The third-order valence-electron chi connectivity index (χ3n) is 5.02. The summed E-state index contributed by atoms with van der Waals surface area (Å²) in [4.78, 5) is 30.4. The normalized spacial score (nSPS) is 12.1. The first kappa shape index (κ1) is 21.1. The number of fused-ring (bicyclic) bond motifs is 1. The predicted molar refractivity (Wildman–Crippen MR) is 120 cm³/mol. The molecule has 1 amide bonds. The molecule has 152 valence electrons. The van der Waals surface area contributed by atoms with Crippen molar-refractivity contribution in [3.05, 3.63) is 63.9 Å². The van der Waals surface area contributed by atoms with Crippen molar-refractivity contribution >= 4 is 28.6 Å². The molecule has 29 heavy (non-hydrogen) atoms. The van der Waals surface area contributed by atoms with E-state index in [1.165, 1.54) is 11.8 Å². The minimum atomic E-state index is -0.119. The molecule has 5 nitrogen and oxygen atoms in total. The molecule has 1 heterocycles. The highest BCUT2D eigenvalue weighted by atomic mass is 32.2. The largest absolute Gasteiger partial charge is 0.353 e. The molecular formula is C23H27N3O2S. The van der Waals surface area contributed by atoms with Crippen LogP contribution >= 0.6 is 11.8 Å². The Morgan fingerprint density at radius 2 is 1.93 bits per heavy atom. The molecule has 1 unspecified atom stereocenters. The number of thioether (sulfide) groups is 1. The van der Waals surface area contributed by atoms with Crippen molar-refractivity contribution in [1.29, 1.82) is 0 Å². The molecule has 6 heteroatoms. The summed E-state index contributed by atoms with van der Waals surface area (Å²) in [6.45, 7) is 8.12. The molecule has 0 saturated carbocycles. The van der Waals surface area contributed by atoms with Crippen LogP contribution in [0, 0.1) is 13.8 Å². The van der Waals surface area contributed by atoms with Crippen molar-refractivity contribution in [1.82, 2.24) is 14.9 Å². The van der Waals surface area contributed by atoms with E-state index in [0.29, 0.717) is 16.1 Å². The molecule has 3 aromatic rings. The molecule has 0 radical (unpaired) electrons. The van der Waals surface area contributed by atoms with Crippen LogP contribution in [0.4, 0.5) is 0 Å². The van der Waals surface area contributed by atoms with Gasteiger partial charge in [-0.1, -0.05) is 49.4 Å². The van der Waals surface area contributed by atoms with Crippen molar-refractivity contribution in [2.24, 2.45) is 0 Å². The second kappa shape index (κ2) is 9.27. The van der Waals surface area contributed by atoms with Crippen LogP contribution in [0.2, 0.25) is 0 Å². The van der Waals surface area contributed by atoms with Gasteiger partial charge < -0.3 is 5.32 Å². The first-order chi connectivity index (χ1) is 13.9. The van der Waals surface area contributed by atoms with Crippen LogP contribution in [0.3, 0.4) is 0 Å². The SMILES string of the molecule is CCCC(C)NC(=O)CSc1nc2ccccc2c(=O)n1-c1cccc(C)c1C. The van der Waals surface area contributed by atoms with E-state index >= 15 is 0 Å². The highest BCUT2D eigenvalue weighted by Gasteiger charge is 2.17. The van der Waals surface area contributed by atoms with Gasteiger partial charge in [-0.2, -0.15) is 0 Å². The lowest BCUT2D eigenvalue weighted by atomic mass is 10.1. The van der Waals surface area contributed by atoms with Crippen LogP contribution in [0.15, 0.2) is 52.4 Å². The fraction of sp³-hybridized carbons (Fsp3) is 0.348. The molecule has 2 aromatic carbocycles. The van der Waals surface area contributed by atoms with Crippen LogP contribution in [-0.4, -0.2) is 27.3 Å². The van der Waals surface area contributed by atoms with Gasteiger partial charge in [0.05, 0.1) is 22.3 Å². The van der Waals surface area contributed by atoms with Crippen molar-refractivity contribution in [2.75, 3.05) is 5.75 Å². The molecular weight excluding hydrogens is 382 g/mol. The summed E-state index contributed by atoms with van der Waals surface area (Å²) in [6.07, 6.45) is 1.96. The highest BCUT2D eigenvalue weighted by Crippen LogP contribution is 2.24. The van der Waals surface area contributed by atoms with Crippen molar-refractivity contribution in [3.8, 4) is 5.69 Å². The predicted octanol–water partition coefficient (Wildman–Crippen LogP) is 4.40. The van der Waals surface area contributed by atoms with Gasteiger partial charge in [0.2, 0.25) is 5.91 Å². The van der Waals surface area contributed by atoms with Gasteiger partial charge in [0.1, 0.15) is 0 Å². The zero-order valence-corrected chi connectivity index (χ0v) is 18.2.